The molecular weight excluding hydrogens is 388 g/mol. The number of Topliss-reactive ketones (excluding diaryl/α,β-unsaturated/α-hetero) is 1. The normalized spacial score (nSPS) is 48.3. The van der Waals surface area contributed by atoms with Crippen LogP contribution in [-0.4, -0.2) is 11.2 Å². The van der Waals surface area contributed by atoms with Gasteiger partial charge in [-0.25, -0.2) is 0 Å². The van der Waals surface area contributed by atoms with Gasteiger partial charge in [0.15, 0.2) is 0 Å². The maximum Gasteiger partial charge on any atom is 0.136 e. The molecule has 1 nitrogen and oxygen atoms in total. The van der Waals surface area contributed by atoms with E-state index in [1.807, 2.05) is 0 Å². The molecule has 0 N–H and O–H groups in total. The Morgan fingerprint density at radius 3 is 2.30 bits per heavy atom. The minimum absolute atomic E-state index is 0.211. The number of rotatable bonds is 4. The predicted octanol–water partition coefficient (Wildman–Crippen LogP) is 7.92. The molecule has 170 valence electrons. The highest BCUT2D eigenvalue weighted by molar-refractivity contribution is 6.20. The fraction of sp³-hybridized carbons (Fsp3) is 0.893. The Hall–Kier alpha value is -0.300. The molecule has 0 radical (unpaired) electrons. The third-order valence-electron chi connectivity index (χ3n) is 10.9. The Kier molecular flexibility index (Phi) is 6.28. The largest absolute Gasteiger partial charge is 0.299 e. The van der Waals surface area contributed by atoms with E-state index < -0.39 is 0 Å². The third-order valence-corrected chi connectivity index (χ3v) is 11.3. The van der Waals surface area contributed by atoms with Crippen LogP contribution in [-0.2, 0) is 4.79 Å². The molecule has 0 heterocycles. The minimum Gasteiger partial charge on any atom is -0.299 e. The number of carbonyl (C=O) groups excluding carboxylic acids is 1. The van der Waals surface area contributed by atoms with Crippen molar-refractivity contribution >= 4 is 17.4 Å². The second kappa shape index (κ2) is 8.24. The highest BCUT2D eigenvalue weighted by atomic mass is 35.5. The second-order valence-corrected chi connectivity index (χ2v) is 13.2. The highest BCUT2D eigenvalue weighted by Crippen LogP contribution is 2.67. The van der Waals surface area contributed by atoms with Gasteiger partial charge in [0, 0.05) is 17.7 Å². The summed E-state index contributed by atoms with van der Waals surface area (Å²) in [6, 6.07) is 0. The van der Waals surface area contributed by atoms with Crippen molar-refractivity contribution in [3.63, 3.8) is 0 Å². The van der Waals surface area contributed by atoms with E-state index in [0.29, 0.717) is 34.9 Å². The first-order valence-corrected chi connectivity index (χ1v) is 13.4. The van der Waals surface area contributed by atoms with Gasteiger partial charge in [0.25, 0.3) is 0 Å². The summed E-state index contributed by atoms with van der Waals surface area (Å²) in [5.74, 6) is 5.68. The molecule has 0 aliphatic heterocycles. The summed E-state index contributed by atoms with van der Waals surface area (Å²) in [5.41, 5.74) is 0.627. The Morgan fingerprint density at radius 2 is 1.60 bits per heavy atom. The average molecular weight is 433 g/mol. The molecule has 2 heteroatoms. The lowest BCUT2D eigenvalue weighted by atomic mass is 9.44. The monoisotopic (exact) mass is 432 g/mol. The van der Waals surface area contributed by atoms with E-state index in [2.05, 4.69) is 53.7 Å². The summed E-state index contributed by atoms with van der Waals surface area (Å²) >= 11 is 6.52. The number of fused-ring (bicyclic) bond motifs is 5. The Labute approximate surface area is 190 Å². The molecule has 0 aromatic rings. The molecule has 0 aromatic carbocycles. The predicted molar refractivity (Wildman–Crippen MR) is 128 cm³/mol. The van der Waals surface area contributed by atoms with Crippen LogP contribution in [0.1, 0.15) is 92.9 Å². The van der Waals surface area contributed by atoms with E-state index in [1.165, 1.54) is 25.7 Å². The molecule has 4 rings (SSSR count). The average Bonchev–Trinajstić information content (AvgIpc) is 3.04. The van der Waals surface area contributed by atoms with E-state index in [9.17, 15) is 4.79 Å². The van der Waals surface area contributed by atoms with Gasteiger partial charge in [0.1, 0.15) is 5.78 Å². The van der Waals surface area contributed by atoms with Crippen molar-refractivity contribution in [3.8, 4) is 0 Å². The zero-order chi connectivity index (χ0) is 21.8. The van der Waals surface area contributed by atoms with E-state index in [-0.39, 0.29) is 16.7 Å². The van der Waals surface area contributed by atoms with Crippen molar-refractivity contribution in [2.75, 3.05) is 0 Å². The highest BCUT2D eigenvalue weighted by Gasteiger charge is 2.62. The number of hydrogen-bond donors (Lipinski definition) is 0. The maximum absolute atomic E-state index is 13.3. The van der Waals surface area contributed by atoms with E-state index in [1.54, 1.807) is 0 Å². The molecule has 0 saturated heterocycles. The minimum atomic E-state index is 0.211. The van der Waals surface area contributed by atoms with Crippen LogP contribution in [0.2, 0.25) is 0 Å². The van der Waals surface area contributed by atoms with Gasteiger partial charge in [-0.3, -0.25) is 4.79 Å². The SMILES string of the molecule is CC(C)[C@H](C)/C=C/[C@H](C)[C@H]1CC[C@H]2[C@@H]3CC(=O)[C@H]4C[C@@H](Cl)CC[C@]4(C)[C@H]3CC[C@]12C. The van der Waals surface area contributed by atoms with Crippen LogP contribution in [0.4, 0.5) is 0 Å². The van der Waals surface area contributed by atoms with Crippen molar-refractivity contribution in [1.29, 1.82) is 0 Å². The van der Waals surface area contributed by atoms with E-state index in [0.717, 1.165) is 43.4 Å². The Bertz CT molecular complexity index is 682. The first-order valence-electron chi connectivity index (χ1n) is 12.9. The van der Waals surface area contributed by atoms with Gasteiger partial charge in [-0.1, -0.05) is 53.7 Å². The molecular formula is C28H45ClO. The van der Waals surface area contributed by atoms with Gasteiger partial charge in [0.2, 0.25) is 0 Å². The molecule has 4 fully saturated rings. The number of allylic oxidation sites excluding steroid dienone is 2. The summed E-state index contributed by atoms with van der Waals surface area (Å²) in [5, 5.41) is 0.217. The van der Waals surface area contributed by atoms with Crippen molar-refractivity contribution < 1.29 is 4.79 Å². The Morgan fingerprint density at radius 1 is 0.933 bits per heavy atom. The van der Waals surface area contributed by atoms with Crippen molar-refractivity contribution in [3.05, 3.63) is 12.2 Å². The Balaban J connectivity index is 1.54. The topological polar surface area (TPSA) is 17.1 Å². The standard InChI is InChI=1S/C28H45ClO/c1-17(2)18(3)7-8-19(4)22-9-10-23-21-16-26(30)25-15-20(29)11-13-28(25,6)24(21)12-14-27(22,23)5/h7-8,17-25H,9-16H2,1-6H3/b8-7+/t18-,19+,20+,21+,22-,23+,24+,25-,27-,28-/m1/s1. The molecule has 30 heavy (non-hydrogen) atoms. The lowest BCUT2D eigenvalue weighted by Gasteiger charge is -2.60. The first-order chi connectivity index (χ1) is 14.1. The lowest BCUT2D eigenvalue weighted by Crippen LogP contribution is -2.56. The summed E-state index contributed by atoms with van der Waals surface area (Å²) in [7, 11) is 0. The molecule has 0 aromatic heterocycles. The van der Waals surface area contributed by atoms with Gasteiger partial charge >= 0.3 is 0 Å². The van der Waals surface area contributed by atoms with E-state index in [4.69, 9.17) is 11.6 Å². The zero-order valence-corrected chi connectivity index (χ0v) is 21.0. The molecule has 0 unspecified atom stereocenters. The van der Waals surface area contributed by atoms with Crippen LogP contribution < -0.4 is 0 Å². The molecule has 4 aliphatic rings. The van der Waals surface area contributed by atoms with Crippen LogP contribution in [0.15, 0.2) is 12.2 Å². The fourth-order valence-corrected chi connectivity index (χ4v) is 8.89. The van der Waals surface area contributed by atoms with Gasteiger partial charge in [-0.2, -0.15) is 0 Å². The summed E-state index contributed by atoms with van der Waals surface area (Å²) < 4.78 is 0. The van der Waals surface area contributed by atoms with Crippen molar-refractivity contribution in [1.82, 2.24) is 0 Å². The molecule has 0 bridgehead atoms. The lowest BCUT2D eigenvalue weighted by molar-refractivity contribution is -0.153. The summed E-state index contributed by atoms with van der Waals surface area (Å²) in [6.07, 6.45) is 14.4. The molecule has 4 aliphatic carbocycles. The third kappa shape index (κ3) is 3.64. The van der Waals surface area contributed by atoms with Crippen molar-refractivity contribution in [2.24, 2.45) is 58.2 Å². The first kappa shape index (κ1) is 22.9. The quantitative estimate of drug-likeness (QED) is 0.325. The summed E-state index contributed by atoms with van der Waals surface area (Å²) in [6.45, 7) is 14.5. The number of carbonyl (C=O) groups is 1. The molecule has 0 amide bonds. The van der Waals surface area contributed by atoms with Gasteiger partial charge in [-0.05, 0) is 97.2 Å². The van der Waals surface area contributed by atoms with Crippen LogP contribution in [0, 0.1) is 58.2 Å². The molecule has 0 spiro atoms. The number of alkyl halides is 1. The molecule has 10 atom stereocenters. The van der Waals surface area contributed by atoms with Gasteiger partial charge in [0.05, 0.1) is 0 Å². The zero-order valence-electron chi connectivity index (χ0n) is 20.3. The molecule has 4 saturated carbocycles. The fourth-order valence-electron chi connectivity index (χ4n) is 8.60. The maximum atomic E-state index is 13.3. The number of ketones is 1. The van der Waals surface area contributed by atoms with Gasteiger partial charge in [-0.15, -0.1) is 11.6 Å². The smallest absolute Gasteiger partial charge is 0.136 e. The van der Waals surface area contributed by atoms with Crippen molar-refractivity contribution in [2.45, 2.75) is 98.3 Å². The number of hydrogen-bond acceptors (Lipinski definition) is 1. The number of halogens is 1. The van der Waals surface area contributed by atoms with Crippen LogP contribution >= 0.6 is 11.6 Å². The summed E-state index contributed by atoms with van der Waals surface area (Å²) in [4.78, 5) is 13.3. The van der Waals surface area contributed by atoms with Gasteiger partial charge < -0.3 is 0 Å². The van der Waals surface area contributed by atoms with Crippen LogP contribution in [0.25, 0.3) is 0 Å². The van der Waals surface area contributed by atoms with Crippen LogP contribution in [0.5, 0.6) is 0 Å². The second-order valence-electron chi connectivity index (χ2n) is 12.6. The van der Waals surface area contributed by atoms with Crippen LogP contribution in [0.3, 0.4) is 0 Å². The van der Waals surface area contributed by atoms with E-state index >= 15 is 0 Å².